The van der Waals surface area contributed by atoms with Gasteiger partial charge in [-0.25, -0.2) is 9.48 Å². The summed E-state index contributed by atoms with van der Waals surface area (Å²) < 4.78 is 14.9. The van der Waals surface area contributed by atoms with Gasteiger partial charge >= 0.3 is 5.97 Å². The molecule has 9 nitrogen and oxygen atoms in total. The number of benzene rings is 2. The number of carbonyl (C=O) groups is 2. The molecule has 2 aromatic carbocycles. The van der Waals surface area contributed by atoms with Crippen LogP contribution in [-0.4, -0.2) is 53.2 Å². The molecule has 1 N–H and O–H groups in total. The molecule has 194 valence electrons. The third-order valence-electron chi connectivity index (χ3n) is 5.80. The zero-order valence-corrected chi connectivity index (χ0v) is 23.9. The second kappa shape index (κ2) is 11.4. The van der Waals surface area contributed by atoms with E-state index in [0.717, 1.165) is 21.6 Å². The number of ether oxygens (including phenoxy) is 2. The van der Waals surface area contributed by atoms with Gasteiger partial charge in [0.05, 0.1) is 24.5 Å². The van der Waals surface area contributed by atoms with Crippen molar-refractivity contribution in [1.29, 1.82) is 0 Å². The van der Waals surface area contributed by atoms with E-state index >= 15 is 0 Å². The summed E-state index contributed by atoms with van der Waals surface area (Å²) in [6.07, 6.45) is 3.09. The quantitative estimate of drug-likeness (QED) is 0.154. The Hall–Kier alpha value is -3.28. The van der Waals surface area contributed by atoms with Crippen LogP contribution in [0.25, 0.3) is 10.9 Å². The highest BCUT2D eigenvalue weighted by atomic mass is 79.9. The van der Waals surface area contributed by atoms with Gasteiger partial charge in [-0.2, -0.15) is 10.2 Å². The van der Waals surface area contributed by atoms with Crippen molar-refractivity contribution in [2.24, 2.45) is 0 Å². The molecule has 0 saturated carbocycles. The maximum absolute atomic E-state index is 13.3. The lowest BCUT2D eigenvalue weighted by Gasteiger charge is -2.15. The number of halogens is 1. The van der Waals surface area contributed by atoms with E-state index in [1.165, 1.54) is 18.0 Å². The Kier molecular flexibility index (Phi) is 8.25. The summed E-state index contributed by atoms with van der Waals surface area (Å²) >= 11 is 3.50. The minimum atomic E-state index is -1.21. The molecule has 0 bridgehead atoms. The first-order chi connectivity index (χ1) is 17.7. The maximum atomic E-state index is 13.3. The number of nitrogens with one attached hydrogen (secondary N) is 1. The molecule has 1 amide bonds. The fourth-order valence-corrected chi connectivity index (χ4v) is 4.93. The Bertz CT molecular complexity index is 1400. The second-order valence-corrected chi connectivity index (χ2v) is 16.4. The SMILES string of the molecule is COC(=O)C(c1ccccc1)n1cc(NC(=O)c2nn(COCC[Si](C)(C)C)c3cc(Br)ccc23)cn1. The zero-order chi connectivity index (χ0) is 26.6. The summed E-state index contributed by atoms with van der Waals surface area (Å²) in [5.41, 5.74) is 2.22. The number of hydrogen-bond donors (Lipinski definition) is 1. The minimum Gasteiger partial charge on any atom is -0.467 e. The molecule has 37 heavy (non-hydrogen) atoms. The van der Waals surface area contributed by atoms with Crippen LogP contribution in [0, 0.1) is 0 Å². The van der Waals surface area contributed by atoms with Gasteiger partial charge in [0, 0.05) is 30.7 Å². The number of hydrogen-bond acceptors (Lipinski definition) is 6. The summed E-state index contributed by atoms with van der Waals surface area (Å²) in [4.78, 5) is 25.8. The monoisotopic (exact) mass is 583 g/mol. The number of fused-ring (bicyclic) bond motifs is 1. The van der Waals surface area contributed by atoms with Crippen molar-refractivity contribution >= 4 is 52.5 Å². The first-order valence-electron chi connectivity index (χ1n) is 11.9. The lowest BCUT2D eigenvalue weighted by Crippen LogP contribution is -2.22. The molecular formula is C26H30BrN5O4Si. The molecule has 0 aliphatic carbocycles. The third-order valence-corrected chi connectivity index (χ3v) is 8.00. The van der Waals surface area contributed by atoms with Crippen LogP contribution in [0.2, 0.25) is 25.7 Å². The van der Waals surface area contributed by atoms with Gasteiger partial charge in [-0.05, 0) is 29.8 Å². The van der Waals surface area contributed by atoms with Crippen molar-refractivity contribution in [1.82, 2.24) is 19.6 Å². The second-order valence-electron chi connectivity index (χ2n) is 9.86. The van der Waals surface area contributed by atoms with Crippen molar-refractivity contribution in [3.05, 3.63) is 76.7 Å². The number of aromatic nitrogens is 4. The first kappa shape index (κ1) is 26.8. The van der Waals surface area contributed by atoms with Crippen LogP contribution >= 0.6 is 15.9 Å². The van der Waals surface area contributed by atoms with E-state index in [0.29, 0.717) is 17.7 Å². The van der Waals surface area contributed by atoms with Gasteiger partial charge in [-0.3, -0.25) is 9.48 Å². The molecule has 11 heteroatoms. The summed E-state index contributed by atoms with van der Waals surface area (Å²) in [7, 11) is 0.118. The molecule has 1 unspecified atom stereocenters. The fourth-order valence-electron chi connectivity index (χ4n) is 3.82. The lowest BCUT2D eigenvalue weighted by atomic mass is 10.1. The van der Waals surface area contributed by atoms with Gasteiger partial charge in [0.2, 0.25) is 0 Å². The number of methoxy groups -OCH3 is 1. The molecule has 0 fully saturated rings. The molecule has 0 aliphatic heterocycles. The van der Waals surface area contributed by atoms with Gasteiger partial charge in [-0.1, -0.05) is 65.9 Å². The molecule has 0 saturated heterocycles. The number of anilines is 1. The van der Waals surface area contributed by atoms with Crippen molar-refractivity contribution in [3.63, 3.8) is 0 Å². The molecule has 4 rings (SSSR count). The zero-order valence-electron chi connectivity index (χ0n) is 21.3. The summed E-state index contributed by atoms with van der Waals surface area (Å²) in [5.74, 6) is -0.848. The highest BCUT2D eigenvalue weighted by molar-refractivity contribution is 9.10. The number of esters is 1. The summed E-state index contributed by atoms with van der Waals surface area (Å²) in [6, 6.07) is 15.1. The Morgan fingerprint density at radius 2 is 1.89 bits per heavy atom. The normalized spacial score (nSPS) is 12.5. The third kappa shape index (κ3) is 6.54. The first-order valence-corrected chi connectivity index (χ1v) is 16.4. The van der Waals surface area contributed by atoms with Crippen LogP contribution in [0.3, 0.4) is 0 Å². The molecule has 2 aromatic heterocycles. The van der Waals surface area contributed by atoms with Gasteiger partial charge in [0.1, 0.15) is 6.73 Å². The standard InChI is InChI=1S/C26H30BrN5O4Si/c1-35-26(34)24(18-8-6-5-7-9-18)31-16-20(15-28-31)29-25(33)23-21-11-10-19(27)14-22(21)32(30-23)17-36-12-13-37(2,3)4/h5-11,14-16,24H,12-13,17H2,1-4H3,(H,29,33). The molecule has 0 radical (unpaired) electrons. The number of rotatable bonds is 10. The van der Waals surface area contributed by atoms with E-state index in [1.807, 2.05) is 48.5 Å². The Morgan fingerprint density at radius 1 is 1.14 bits per heavy atom. The van der Waals surface area contributed by atoms with Gasteiger partial charge in [0.15, 0.2) is 11.7 Å². The summed E-state index contributed by atoms with van der Waals surface area (Å²) in [5, 5.41) is 12.4. The predicted molar refractivity (Wildman–Crippen MR) is 148 cm³/mol. The Balaban J connectivity index is 1.55. The van der Waals surface area contributed by atoms with E-state index in [9.17, 15) is 9.59 Å². The van der Waals surface area contributed by atoms with Crippen molar-refractivity contribution < 1.29 is 19.1 Å². The minimum absolute atomic E-state index is 0.251. The van der Waals surface area contributed by atoms with E-state index < -0.39 is 20.1 Å². The molecule has 0 aliphatic rings. The average molecular weight is 585 g/mol. The van der Waals surface area contributed by atoms with E-state index in [-0.39, 0.29) is 18.3 Å². The number of nitrogens with zero attached hydrogens (tertiary/aromatic N) is 4. The molecule has 1 atom stereocenters. The molecule has 0 spiro atoms. The van der Waals surface area contributed by atoms with E-state index in [4.69, 9.17) is 9.47 Å². The Labute approximate surface area is 224 Å². The van der Waals surface area contributed by atoms with Crippen molar-refractivity contribution in [3.8, 4) is 0 Å². The highest BCUT2D eigenvalue weighted by Crippen LogP contribution is 2.25. The van der Waals surface area contributed by atoms with Crippen molar-refractivity contribution in [2.45, 2.75) is 38.5 Å². The largest absolute Gasteiger partial charge is 0.467 e. The van der Waals surface area contributed by atoms with E-state index in [2.05, 4.69) is 51.1 Å². The molecule has 2 heterocycles. The predicted octanol–water partition coefficient (Wildman–Crippen LogP) is 5.32. The van der Waals surface area contributed by atoms with E-state index in [1.54, 1.807) is 10.9 Å². The fraction of sp³-hybridized carbons (Fsp3) is 0.308. The van der Waals surface area contributed by atoms with Gasteiger partial charge in [-0.15, -0.1) is 0 Å². The molecular weight excluding hydrogens is 554 g/mol. The van der Waals surface area contributed by atoms with Crippen molar-refractivity contribution in [2.75, 3.05) is 19.0 Å². The smallest absolute Gasteiger partial charge is 0.335 e. The highest BCUT2D eigenvalue weighted by Gasteiger charge is 2.25. The van der Waals surface area contributed by atoms with Gasteiger partial charge in [0.25, 0.3) is 5.91 Å². The molecule has 4 aromatic rings. The van der Waals surface area contributed by atoms with Crippen LogP contribution < -0.4 is 5.32 Å². The number of carbonyl (C=O) groups excluding carboxylic acids is 2. The summed E-state index contributed by atoms with van der Waals surface area (Å²) in [6.45, 7) is 7.80. The lowest BCUT2D eigenvalue weighted by molar-refractivity contribution is -0.143. The van der Waals surface area contributed by atoms with Crippen LogP contribution in [0.15, 0.2) is 65.4 Å². The van der Waals surface area contributed by atoms with Crippen LogP contribution in [0.4, 0.5) is 5.69 Å². The van der Waals surface area contributed by atoms with Crippen LogP contribution in [-0.2, 0) is 21.0 Å². The van der Waals surface area contributed by atoms with Crippen LogP contribution in [0.1, 0.15) is 22.1 Å². The topological polar surface area (TPSA) is 100 Å². The van der Waals surface area contributed by atoms with Gasteiger partial charge < -0.3 is 14.8 Å². The van der Waals surface area contributed by atoms with Crippen LogP contribution in [0.5, 0.6) is 0 Å². The number of amides is 1. The Morgan fingerprint density at radius 3 is 2.59 bits per heavy atom. The maximum Gasteiger partial charge on any atom is 0.335 e. The average Bonchev–Trinajstić information content (AvgIpc) is 3.46.